The molecule has 0 saturated carbocycles. The summed E-state index contributed by atoms with van der Waals surface area (Å²) in [5.41, 5.74) is 17.7. The van der Waals surface area contributed by atoms with Gasteiger partial charge >= 0.3 is 0 Å². The summed E-state index contributed by atoms with van der Waals surface area (Å²) in [4.78, 5) is 7.74. The van der Waals surface area contributed by atoms with Crippen LogP contribution in [-0.4, -0.2) is 6.71 Å². The van der Waals surface area contributed by atoms with Crippen molar-refractivity contribution in [3.63, 3.8) is 0 Å². The lowest BCUT2D eigenvalue weighted by molar-refractivity contribution is 0.245. The summed E-state index contributed by atoms with van der Waals surface area (Å²) in [5.74, 6) is 0. The second-order valence-electron chi connectivity index (χ2n) is 15.2. The molecule has 2 atom stereocenters. The third kappa shape index (κ3) is 3.77. The van der Waals surface area contributed by atoms with Gasteiger partial charge in [0.15, 0.2) is 0 Å². The Morgan fingerprint density at radius 2 is 0.942 bits per heavy atom. The number of para-hydroxylation sites is 5. The molecule has 0 aromatic heterocycles. The lowest BCUT2D eigenvalue weighted by Gasteiger charge is -2.52. The summed E-state index contributed by atoms with van der Waals surface area (Å²) in [7, 11) is 0. The second kappa shape index (κ2) is 10.8. The molecule has 4 heteroatoms. The van der Waals surface area contributed by atoms with Gasteiger partial charge in [0.1, 0.15) is 0 Å². The van der Waals surface area contributed by atoms with Crippen molar-refractivity contribution in [3.05, 3.63) is 187 Å². The predicted octanol–water partition coefficient (Wildman–Crippen LogP) is 10.0. The van der Waals surface area contributed by atoms with E-state index >= 15 is 0 Å². The molecule has 0 fully saturated rings. The molecule has 1 aliphatic carbocycles. The maximum atomic E-state index is 2.71. The number of hydrogen-bond donors (Lipinski definition) is 0. The monoisotopic (exact) mass is 667 g/mol. The van der Waals surface area contributed by atoms with Crippen LogP contribution < -0.4 is 31.1 Å². The Balaban J connectivity index is 1.27. The van der Waals surface area contributed by atoms with E-state index in [0.29, 0.717) is 0 Å². The molecular formula is C48H38BN3. The zero-order chi connectivity index (χ0) is 34.6. The van der Waals surface area contributed by atoms with Crippen LogP contribution in [0, 0.1) is 0 Å². The Kier molecular flexibility index (Phi) is 6.15. The Morgan fingerprint density at radius 1 is 0.462 bits per heavy atom. The third-order valence-electron chi connectivity index (χ3n) is 12.9. The molecule has 0 N–H and O–H groups in total. The third-order valence-corrected chi connectivity index (χ3v) is 12.9. The Bertz CT molecular complexity index is 2440. The van der Waals surface area contributed by atoms with E-state index in [1.807, 2.05) is 0 Å². The molecule has 7 aromatic rings. The fourth-order valence-electron chi connectivity index (χ4n) is 10.4. The zero-order valence-electron chi connectivity index (χ0n) is 29.5. The highest BCUT2D eigenvalue weighted by Gasteiger charge is 2.60. The van der Waals surface area contributed by atoms with Gasteiger partial charge in [0.25, 0.3) is 6.71 Å². The van der Waals surface area contributed by atoms with Crippen LogP contribution in [0.4, 0.5) is 45.5 Å². The van der Waals surface area contributed by atoms with Crippen LogP contribution >= 0.6 is 0 Å². The van der Waals surface area contributed by atoms with Crippen LogP contribution in [0.2, 0.25) is 0 Å². The lowest BCUT2D eigenvalue weighted by Crippen LogP contribution is -2.61. The van der Waals surface area contributed by atoms with Crippen molar-refractivity contribution < 1.29 is 0 Å². The first kappa shape index (κ1) is 29.7. The van der Waals surface area contributed by atoms with E-state index < -0.39 is 0 Å². The second-order valence-corrected chi connectivity index (χ2v) is 15.2. The number of fused-ring (bicyclic) bond motifs is 9. The average molecular weight is 668 g/mol. The highest BCUT2D eigenvalue weighted by Crippen LogP contribution is 2.64. The number of anilines is 8. The molecule has 0 radical (unpaired) electrons. The summed E-state index contributed by atoms with van der Waals surface area (Å²) >= 11 is 0. The predicted molar refractivity (Wildman–Crippen MR) is 219 cm³/mol. The largest absolute Gasteiger partial charge is 0.330 e. The summed E-state index contributed by atoms with van der Waals surface area (Å²) in [5, 5.41) is 0. The molecule has 0 bridgehead atoms. The van der Waals surface area contributed by atoms with E-state index in [1.165, 1.54) is 78.6 Å². The van der Waals surface area contributed by atoms with Gasteiger partial charge in [0.05, 0.1) is 5.54 Å². The van der Waals surface area contributed by atoms with Crippen LogP contribution in [0.25, 0.3) is 0 Å². The molecule has 3 aliphatic heterocycles. The van der Waals surface area contributed by atoms with Crippen molar-refractivity contribution in [1.82, 2.24) is 0 Å². The first-order valence-corrected chi connectivity index (χ1v) is 18.6. The molecule has 0 spiro atoms. The molecule has 0 amide bonds. The Morgan fingerprint density at radius 3 is 1.54 bits per heavy atom. The summed E-state index contributed by atoms with van der Waals surface area (Å²) in [6.45, 7) is 5.11. The fraction of sp³-hybridized carbons (Fsp3) is 0.125. The Hall–Kier alpha value is -6.00. The minimum absolute atomic E-state index is 0.0783. The number of benzene rings is 7. The number of aryl methyl sites for hydroxylation is 1. The van der Waals surface area contributed by atoms with E-state index in [1.54, 1.807) is 0 Å². The smallest absolute Gasteiger partial charge is 0.252 e. The van der Waals surface area contributed by atoms with Crippen molar-refractivity contribution in [1.29, 1.82) is 0 Å². The molecule has 7 aromatic carbocycles. The van der Waals surface area contributed by atoms with Gasteiger partial charge in [-0.1, -0.05) is 122 Å². The van der Waals surface area contributed by atoms with Gasteiger partial charge in [0, 0.05) is 50.9 Å². The van der Waals surface area contributed by atoms with Crippen LogP contribution in [0.5, 0.6) is 0 Å². The summed E-state index contributed by atoms with van der Waals surface area (Å²) in [6, 6.07) is 63.4. The van der Waals surface area contributed by atoms with E-state index in [2.05, 4.69) is 198 Å². The van der Waals surface area contributed by atoms with Crippen molar-refractivity contribution in [2.45, 2.75) is 37.6 Å². The van der Waals surface area contributed by atoms with Crippen molar-refractivity contribution >= 4 is 68.6 Å². The maximum absolute atomic E-state index is 2.71. The van der Waals surface area contributed by atoms with Crippen molar-refractivity contribution in [3.8, 4) is 0 Å². The molecular weight excluding hydrogens is 629 g/mol. The molecule has 248 valence electrons. The lowest BCUT2D eigenvalue weighted by atomic mass is 9.33. The van der Waals surface area contributed by atoms with Gasteiger partial charge in [-0.15, -0.1) is 0 Å². The summed E-state index contributed by atoms with van der Waals surface area (Å²) in [6.07, 6.45) is 2.18. The minimum Gasteiger partial charge on any atom is -0.330 e. The van der Waals surface area contributed by atoms with E-state index in [9.17, 15) is 0 Å². The number of rotatable bonds is 3. The molecule has 3 heterocycles. The van der Waals surface area contributed by atoms with Crippen LogP contribution in [0.3, 0.4) is 0 Å². The quantitative estimate of drug-likeness (QED) is 0.174. The van der Waals surface area contributed by atoms with Gasteiger partial charge in [-0.05, 0) is 107 Å². The molecule has 0 saturated heterocycles. The molecule has 2 unspecified atom stereocenters. The van der Waals surface area contributed by atoms with Crippen molar-refractivity contribution in [2.24, 2.45) is 0 Å². The Labute approximate surface area is 306 Å². The number of nitrogens with zero attached hydrogens (tertiary/aromatic N) is 3. The molecule has 11 rings (SSSR count). The maximum Gasteiger partial charge on any atom is 0.252 e. The topological polar surface area (TPSA) is 9.72 Å². The zero-order valence-corrected chi connectivity index (χ0v) is 29.5. The number of hydrogen-bond acceptors (Lipinski definition) is 3. The van der Waals surface area contributed by atoms with Gasteiger partial charge in [-0.2, -0.15) is 0 Å². The minimum atomic E-state index is -0.305. The molecule has 4 aliphatic rings. The van der Waals surface area contributed by atoms with Gasteiger partial charge in [0.2, 0.25) is 0 Å². The normalized spacial score (nSPS) is 20.3. The van der Waals surface area contributed by atoms with Gasteiger partial charge in [-0.3, -0.25) is 0 Å². The van der Waals surface area contributed by atoms with E-state index in [0.717, 1.165) is 12.8 Å². The van der Waals surface area contributed by atoms with E-state index in [4.69, 9.17) is 0 Å². The van der Waals surface area contributed by atoms with Crippen LogP contribution in [0.1, 0.15) is 37.0 Å². The standard InChI is InChI=1S/C48H38BN3/c1-47-30-29-33-17-9-10-22-37(33)48(47,2)52(41-26-14-11-23-38(41)47)36-31-44-46-45(32-36)51(35-20-7-4-8-21-35)43-28-16-13-25-40(43)49(46)39-24-12-15-27-42(39)50(44)34-18-5-3-6-19-34/h3-28,31-32H,29-30H2,1-2H3. The molecule has 3 nitrogen and oxygen atoms in total. The first-order valence-electron chi connectivity index (χ1n) is 18.6. The first-order chi connectivity index (χ1) is 25.6. The van der Waals surface area contributed by atoms with Crippen molar-refractivity contribution in [2.75, 3.05) is 14.7 Å². The summed E-state index contributed by atoms with van der Waals surface area (Å²) < 4.78 is 0. The van der Waals surface area contributed by atoms with Gasteiger partial charge in [-0.25, -0.2) is 0 Å². The fourth-order valence-corrected chi connectivity index (χ4v) is 10.4. The highest BCUT2D eigenvalue weighted by molar-refractivity contribution is 7.00. The average Bonchev–Trinajstić information content (AvgIpc) is 3.42. The van der Waals surface area contributed by atoms with Gasteiger partial charge < -0.3 is 14.7 Å². The highest BCUT2D eigenvalue weighted by atomic mass is 15.3. The SMILES string of the molecule is CC12CCc3ccccc3C1(C)N(c1cc3c4c(c1)N(c1ccccc1)c1ccccc1B4c1ccccc1N3c1ccccc1)c1ccccc12. The van der Waals surface area contributed by atoms with Crippen LogP contribution in [-0.2, 0) is 17.4 Å². The van der Waals surface area contributed by atoms with Crippen LogP contribution in [0.15, 0.2) is 170 Å². The van der Waals surface area contributed by atoms with E-state index in [-0.39, 0.29) is 17.7 Å². The molecule has 52 heavy (non-hydrogen) atoms.